The summed E-state index contributed by atoms with van der Waals surface area (Å²) in [6.45, 7) is 2.11. The van der Waals surface area contributed by atoms with Gasteiger partial charge in [0.25, 0.3) is 5.91 Å². The Morgan fingerprint density at radius 2 is 1.89 bits per heavy atom. The topological polar surface area (TPSA) is 79.5 Å². The number of nitrogens with one attached hydrogen (secondary N) is 3. The third kappa shape index (κ3) is 5.51. The van der Waals surface area contributed by atoms with Gasteiger partial charge in [0.2, 0.25) is 0 Å². The number of urea groups is 1. The van der Waals surface area contributed by atoms with Gasteiger partial charge >= 0.3 is 6.03 Å². The van der Waals surface area contributed by atoms with Gasteiger partial charge in [-0.1, -0.05) is 11.6 Å². The third-order valence-corrected chi connectivity index (χ3v) is 2.11. The number of carbonyl (C=O) groups excluding carboxylic acids is 2. The molecule has 1 rings (SSSR count). The van der Waals surface area contributed by atoms with E-state index in [1.807, 2.05) is 0 Å². The lowest BCUT2D eigenvalue weighted by molar-refractivity contribution is -0.126. The highest BCUT2D eigenvalue weighted by molar-refractivity contribution is 6.30. The smallest absolute Gasteiger partial charge is 0.337 e. The predicted molar refractivity (Wildman–Crippen MR) is 68.2 cm³/mol. The van der Waals surface area contributed by atoms with Gasteiger partial charge in [-0.3, -0.25) is 10.2 Å². The van der Waals surface area contributed by atoms with Gasteiger partial charge in [0, 0.05) is 17.3 Å². The Hall–Kier alpha value is -1.79. The van der Waals surface area contributed by atoms with Crippen molar-refractivity contribution in [3.05, 3.63) is 29.3 Å². The minimum absolute atomic E-state index is 0.0995. The van der Waals surface area contributed by atoms with Gasteiger partial charge < -0.3 is 10.1 Å². The molecule has 0 bridgehead atoms. The summed E-state index contributed by atoms with van der Waals surface area (Å²) in [6.07, 6.45) is 0. The lowest BCUT2D eigenvalue weighted by Crippen LogP contribution is -2.45. The average Bonchev–Trinajstić information content (AvgIpc) is 2.36. The Morgan fingerprint density at radius 3 is 2.50 bits per heavy atom. The van der Waals surface area contributed by atoms with Gasteiger partial charge in [0.15, 0.2) is 0 Å². The molecule has 0 saturated heterocycles. The third-order valence-electron chi connectivity index (χ3n) is 1.85. The zero-order valence-electron chi connectivity index (χ0n) is 9.83. The number of carbonyl (C=O) groups is 2. The monoisotopic (exact) mass is 271 g/mol. The molecular weight excluding hydrogens is 258 g/mol. The zero-order valence-corrected chi connectivity index (χ0v) is 10.6. The summed E-state index contributed by atoms with van der Waals surface area (Å²) < 4.78 is 4.86. The highest BCUT2D eigenvalue weighted by atomic mass is 35.5. The number of hydrazine groups is 1. The van der Waals surface area contributed by atoms with Crippen LogP contribution in [0.1, 0.15) is 6.92 Å². The van der Waals surface area contributed by atoms with Crippen LogP contribution in [0, 0.1) is 0 Å². The van der Waals surface area contributed by atoms with Crippen LogP contribution in [0.2, 0.25) is 5.02 Å². The molecule has 0 aliphatic rings. The van der Waals surface area contributed by atoms with E-state index in [0.29, 0.717) is 17.3 Å². The number of amides is 3. The quantitative estimate of drug-likeness (QED) is 0.727. The lowest BCUT2D eigenvalue weighted by Gasteiger charge is -2.08. The van der Waals surface area contributed by atoms with Gasteiger partial charge in [0.1, 0.15) is 6.61 Å². The van der Waals surface area contributed by atoms with Crippen LogP contribution in [0.15, 0.2) is 24.3 Å². The van der Waals surface area contributed by atoms with Crippen molar-refractivity contribution in [1.82, 2.24) is 10.9 Å². The van der Waals surface area contributed by atoms with Gasteiger partial charge in [-0.2, -0.15) is 0 Å². The van der Waals surface area contributed by atoms with Crippen molar-refractivity contribution in [2.75, 3.05) is 18.5 Å². The summed E-state index contributed by atoms with van der Waals surface area (Å²) in [4.78, 5) is 22.5. The molecule has 0 unspecified atom stereocenters. The first-order valence-corrected chi connectivity index (χ1v) is 5.68. The van der Waals surface area contributed by atoms with Crippen LogP contribution in [0.4, 0.5) is 10.5 Å². The fraction of sp³-hybridized carbons (Fsp3) is 0.273. The van der Waals surface area contributed by atoms with Gasteiger partial charge in [-0.25, -0.2) is 10.2 Å². The second kappa shape index (κ2) is 7.52. The molecule has 0 atom stereocenters. The van der Waals surface area contributed by atoms with Crippen LogP contribution in [0.5, 0.6) is 0 Å². The number of rotatable bonds is 4. The SMILES string of the molecule is CCOCC(=O)NNC(=O)Nc1ccc(Cl)cc1. The van der Waals surface area contributed by atoms with Crippen LogP contribution >= 0.6 is 11.6 Å². The number of ether oxygens (including phenoxy) is 1. The average molecular weight is 272 g/mol. The number of hydrogen-bond acceptors (Lipinski definition) is 3. The molecule has 7 heteroatoms. The normalized spacial score (nSPS) is 9.67. The summed E-state index contributed by atoms with van der Waals surface area (Å²) in [5.41, 5.74) is 4.95. The maximum atomic E-state index is 11.4. The summed E-state index contributed by atoms with van der Waals surface area (Å²) in [5.74, 6) is -0.428. The number of benzene rings is 1. The molecule has 0 fully saturated rings. The van der Waals surface area contributed by atoms with E-state index in [9.17, 15) is 9.59 Å². The molecule has 3 amide bonds. The minimum Gasteiger partial charge on any atom is -0.372 e. The highest BCUT2D eigenvalue weighted by Crippen LogP contribution is 2.12. The maximum Gasteiger partial charge on any atom is 0.337 e. The van der Waals surface area contributed by atoms with Crippen molar-refractivity contribution in [3.63, 3.8) is 0 Å². The van der Waals surface area contributed by atoms with Gasteiger partial charge in [-0.15, -0.1) is 0 Å². The molecule has 0 saturated carbocycles. The van der Waals surface area contributed by atoms with Crippen molar-refractivity contribution in [2.45, 2.75) is 6.92 Å². The van der Waals surface area contributed by atoms with E-state index in [2.05, 4.69) is 16.2 Å². The molecule has 6 nitrogen and oxygen atoms in total. The molecule has 0 aliphatic heterocycles. The van der Waals surface area contributed by atoms with E-state index in [1.165, 1.54) is 0 Å². The molecule has 98 valence electrons. The van der Waals surface area contributed by atoms with Crippen LogP contribution in [-0.4, -0.2) is 25.2 Å². The van der Waals surface area contributed by atoms with E-state index in [0.717, 1.165) is 0 Å². The Balaban J connectivity index is 2.29. The van der Waals surface area contributed by atoms with Crippen molar-refractivity contribution in [3.8, 4) is 0 Å². The first-order chi connectivity index (χ1) is 8.61. The van der Waals surface area contributed by atoms with Crippen molar-refractivity contribution >= 4 is 29.2 Å². The highest BCUT2D eigenvalue weighted by Gasteiger charge is 2.04. The molecule has 0 radical (unpaired) electrons. The fourth-order valence-corrected chi connectivity index (χ4v) is 1.18. The Labute approximate surface area is 110 Å². The number of hydrogen-bond donors (Lipinski definition) is 3. The maximum absolute atomic E-state index is 11.4. The molecule has 0 spiro atoms. The van der Waals surface area contributed by atoms with Crippen molar-refractivity contribution in [2.24, 2.45) is 0 Å². The number of anilines is 1. The van der Waals surface area contributed by atoms with Crippen LogP contribution in [-0.2, 0) is 9.53 Å². The van der Waals surface area contributed by atoms with Crippen LogP contribution in [0.25, 0.3) is 0 Å². The van der Waals surface area contributed by atoms with Gasteiger partial charge in [-0.05, 0) is 31.2 Å². The number of halogens is 1. The second-order valence-corrected chi connectivity index (χ2v) is 3.71. The summed E-state index contributed by atoms with van der Waals surface area (Å²) in [6, 6.07) is 6.02. The molecule has 1 aromatic carbocycles. The van der Waals surface area contributed by atoms with Crippen molar-refractivity contribution in [1.29, 1.82) is 0 Å². The molecular formula is C11H14ClN3O3. The van der Waals surface area contributed by atoms with Crippen molar-refractivity contribution < 1.29 is 14.3 Å². The fourth-order valence-electron chi connectivity index (χ4n) is 1.05. The van der Waals surface area contributed by atoms with Gasteiger partial charge in [0.05, 0.1) is 0 Å². The minimum atomic E-state index is -0.554. The molecule has 18 heavy (non-hydrogen) atoms. The van der Waals surface area contributed by atoms with Crippen LogP contribution < -0.4 is 16.2 Å². The first-order valence-electron chi connectivity index (χ1n) is 5.31. The first kappa shape index (κ1) is 14.3. The lowest BCUT2D eigenvalue weighted by atomic mass is 10.3. The Morgan fingerprint density at radius 1 is 1.22 bits per heavy atom. The standard InChI is InChI=1S/C11H14ClN3O3/c1-2-18-7-10(16)14-15-11(17)13-9-5-3-8(12)4-6-9/h3-6H,2,7H2,1H3,(H,14,16)(H2,13,15,17). The van der Waals surface area contributed by atoms with E-state index < -0.39 is 11.9 Å². The zero-order chi connectivity index (χ0) is 13.4. The summed E-state index contributed by atoms with van der Waals surface area (Å²) in [7, 11) is 0. The molecule has 0 aromatic heterocycles. The summed E-state index contributed by atoms with van der Waals surface area (Å²) >= 11 is 5.70. The summed E-state index contributed by atoms with van der Waals surface area (Å²) in [5, 5.41) is 3.09. The molecule has 3 N–H and O–H groups in total. The largest absolute Gasteiger partial charge is 0.372 e. The Bertz CT molecular complexity index is 408. The molecule has 1 aromatic rings. The Kier molecular flexibility index (Phi) is 5.96. The molecule has 0 aliphatic carbocycles. The van der Waals surface area contributed by atoms with E-state index in [-0.39, 0.29) is 6.61 Å². The van der Waals surface area contributed by atoms with E-state index in [1.54, 1.807) is 31.2 Å². The second-order valence-electron chi connectivity index (χ2n) is 3.27. The predicted octanol–water partition coefficient (Wildman–Crippen LogP) is 1.53. The van der Waals surface area contributed by atoms with E-state index >= 15 is 0 Å². The molecule has 0 heterocycles. The van der Waals surface area contributed by atoms with E-state index in [4.69, 9.17) is 16.3 Å². The van der Waals surface area contributed by atoms with Crippen LogP contribution in [0.3, 0.4) is 0 Å².